The summed E-state index contributed by atoms with van der Waals surface area (Å²) in [5.41, 5.74) is 5.55. The van der Waals surface area contributed by atoms with E-state index in [1.54, 1.807) is 0 Å². The summed E-state index contributed by atoms with van der Waals surface area (Å²) < 4.78 is 80.9. The molecule has 0 radical (unpaired) electrons. The Hall–Kier alpha value is -4.52. The summed E-state index contributed by atoms with van der Waals surface area (Å²) in [5, 5.41) is 0. The van der Waals surface area contributed by atoms with Crippen LogP contribution in [0.1, 0.15) is 0 Å². The average molecular weight is 532 g/mol. The van der Waals surface area contributed by atoms with Gasteiger partial charge in [-0.15, -0.1) is 0 Å². The largest absolute Gasteiger partial charge is 0.493 e. The molecule has 0 aliphatic carbocycles. The maximum Gasteiger partial charge on any atom is 0.493 e. The minimum atomic E-state index is -5.47. The van der Waals surface area contributed by atoms with Gasteiger partial charge in [0.2, 0.25) is 5.95 Å². The van der Waals surface area contributed by atoms with Crippen molar-refractivity contribution < 1.29 is 35.6 Å². The summed E-state index contributed by atoms with van der Waals surface area (Å²) in [4.78, 5) is 23.0. The number of aromatic nitrogens is 2. The Bertz CT molecular complexity index is 1550. The highest BCUT2D eigenvalue weighted by Gasteiger charge is 2.45. The zero-order chi connectivity index (χ0) is 26.8. The summed E-state index contributed by atoms with van der Waals surface area (Å²) in [6.45, 7) is 0. The fraction of sp³-hybridized carbons (Fsp3) is 0.0417. The maximum atomic E-state index is 15.0. The molecule has 13 heteroatoms. The molecule has 0 atom stereocenters. The second-order valence-electron chi connectivity index (χ2n) is 7.46. The van der Waals surface area contributed by atoms with Crippen LogP contribution >= 0.6 is 0 Å². The number of nitrogens with two attached hydrogens (primary N) is 1. The van der Waals surface area contributed by atoms with E-state index in [-0.39, 0.29) is 32.8 Å². The van der Waals surface area contributed by atoms with Gasteiger partial charge in [-0.05, 0) is 29.8 Å². The third-order valence-corrected chi connectivity index (χ3v) is 6.64. The molecule has 0 fully saturated rings. The van der Waals surface area contributed by atoms with E-state index in [2.05, 4.69) is 14.8 Å². The van der Waals surface area contributed by atoms with Gasteiger partial charge in [-0.3, -0.25) is 0 Å². The molecule has 4 rings (SSSR count). The first-order chi connectivity index (χ1) is 17.5. The standard InChI is InChI=1S/C24H16F4N4O4S/c25-20-12-15(10-11-18(20)16-13-30-23(29)31-14-16)19-8-4-5-9-21(19)37(34,35)32(17-6-2-1-3-7-17)36-22(33)24(26,27)28/h1-14H,(H2,29,30,31). The monoisotopic (exact) mass is 532 g/mol. The molecule has 0 unspecified atom stereocenters. The van der Waals surface area contributed by atoms with Crippen molar-refractivity contribution in [2.45, 2.75) is 11.1 Å². The van der Waals surface area contributed by atoms with Crippen LogP contribution in [0.25, 0.3) is 22.3 Å². The van der Waals surface area contributed by atoms with E-state index in [1.165, 1.54) is 60.9 Å². The van der Waals surface area contributed by atoms with E-state index >= 15 is 4.39 Å². The van der Waals surface area contributed by atoms with E-state index < -0.39 is 32.9 Å². The van der Waals surface area contributed by atoms with Crippen LogP contribution in [0.3, 0.4) is 0 Å². The topological polar surface area (TPSA) is 115 Å². The first kappa shape index (κ1) is 25.6. The Kier molecular flexibility index (Phi) is 6.81. The lowest BCUT2D eigenvalue weighted by molar-refractivity contribution is -0.199. The highest BCUT2D eigenvalue weighted by Crippen LogP contribution is 2.35. The maximum absolute atomic E-state index is 15.0. The fourth-order valence-corrected chi connectivity index (χ4v) is 4.79. The lowest BCUT2D eigenvalue weighted by atomic mass is 10.0. The highest BCUT2D eigenvalue weighted by atomic mass is 32.2. The number of sulfonamides is 1. The highest BCUT2D eigenvalue weighted by molar-refractivity contribution is 7.92. The molecule has 3 aromatic carbocycles. The number of rotatable bonds is 6. The molecular formula is C24H16F4N4O4S. The molecule has 1 heterocycles. The van der Waals surface area contributed by atoms with Crippen molar-refractivity contribution in [2.24, 2.45) is 0 Å². The van der Waals surface area contributed by atoms with Gasteiger partial charge in [0.25, 0.3) is 10.0 Å². The fourth-order valence-electron chi connectivity index (χ4n) is 3.33. The third kappa shape index (κ3) is 5.35. The number of carbonyl (C=O) groups excluding carboxylic acids is 1. The number of anilines is 2. The molecule has 0 aliphatic heterocycles. The molecule has 2 N–H and O–H groups in total. The van der Waals surface area contributed by atoms with Crippen LogP contribution < -0.4 is 10.2 Å². The Morgan fingerprint density at radius 2 is 1.49 bits per heavy atom. The van der Waals surface area contributed by atoms with Gasteiger partial charge in [0.05, 0.1) is 10.6 Å². The minimum Gasteiger partial charge on any atom is -0.368 e. The molecule has 0 aliphatic rings. The summed E-state index contributed by atoms with van der Waals surface area (Å²) in [6, 6.07) is 15.5. The van der Waals surface area contributed by atoms with Gasteiger partial charge < -0.3 is 10.6 Å². The van der Waals surface area contributed by atoms with Crippen molar-refractivity contribution in [1.82, 2.24) is 9.97 Å². The number of nitrogen functional groups attached to an aromatic ring is 1. The molecule has 0 saturated carbocycles. The summed E-state index contributed by atoms with van der Waals surface area (Å²) in [5.74, 6) is -3.49. The molecule has 0 bridgehead atoms. The van der Waals surface area contributed by atoms with Crippen LogP contribution in [0, 0.1) is 5.82 Å². The normalized spacial score (nSPS) is 11.7. The van der Waals surface area contributed by atoms with Crippen LogP contribution in [0.4, 0.5) is 29.2 Å². The van der Waals surface area contributed by atoms with Crippen LogP contribution in [0.15, 0.2) is 90.1 Å². The molecule has 1 aromatic heterocycles. The number of hydrogen-bond donors (Lipinski definition) is 1. The first-order valence-corrected chi connectivity index (χ1v) is 11.8. The van der Waals surface area contributed by atoms with Gasteiger partial charge in [-0.25, -0.2) is 19.2 Å². The smallest absolute Gasteiger partial charge is 0.368 e. The van der Waals surface area contributed by atoms with E-state index in [0.29, 0.717) is 5.56 Å². The van der Waals surface area contributed by atoms with Crippen molar-refractivity contribution in [3.63, 3.8) is 0 Å². The Balaban J connectivity index is 1.80. The van der Waals surface area contributed by atoms with Crippen molar-refractivity contribution in [1.29, 1.82) is 0 Å². The van der Waals surface area contributed by atoms with E-state index in [0.717, 1.165) is 24.3 Å². The van der Waals surface area contributed by atoms with Crippen molar-refractivity contribution in [2.75, 3.05) is 10.2 Å². The molecule has 8 nitrogen and oxygen atoms in total. The number of carbonyl (C=O) groups is 1. The first-order valence-electron chi connectivity index (χ1n) is 10.3. The van der Waals surface area contributed by atoms with Crippen LogP contribution in [0.2, 0.25) is 0 Å². The van der Waals surface area contributed by atoms with Gasteiger partial charge >= 0.3 is 12.1 Å². The Labute approximate surface area is 208 Å². The zero-order valence-corrected chi connectivity index (χ0v) is 19.4. The molecule has 0 amide bonds. The van der Waals surface area contributed by atoms with E-state index in [9.17, 15) is 26.4 Å². The van der Waals surface area contributed by atoms with E-state index in [1.807, 2.05) is 0 Å². The summed E-state index contributed by atoms with van der Waals surface area (Å²) in [7, 11) is -4.93. The van der Waals surface area contributed by atoms with Gasteiger partial charge in [0.15, 0.2) is 0 Å². The van der Waals surface area contributed by atoms with Crippen molar-refractivity contribution in [3.05, 3.63) is 91.0 Å². The quantitative estimate of drug-likeness (QED) is 0.282. The number of nitrogens with zero attached hydrogens (tertiary/aromatic N) is 3. The lowest BCUT2D eigenvalue weighted by Gasteiger charge is -2.24. The minimum absolute atomic E-state index is 0.00546. The second kappa shape index (κ2) is 9.85. The van der Waals surface area contributed by atoms with Crippen LogP contribution in [0.5, 0.6) is 0 Å². The molecule has 190 valence electrons. The average Bonchev–Trinajstić information content (AvgIpc) is 2.87. The van der Waals surface area contributed by atoms with Crippen LogP contribution in [-0.4, -0.2) is 30.5 Å². The second-order valence-corrected chi connectivity index (χ2v) is 9.19. The third-order valence-electron chi connectivity index (χ3n) is 5.01. The predicted molar refractivity (Wildman–Crippen MR) is 126 cm³/mol. The summed E-state index contributed by atoms with van der Waals surface area (Å²) in [6.07, 6.45) is -2.84. The molecular weight excluding hydrogens is 516 g/mol. The van der Waals surface area contributed by atoms with Gasteiger partial charge in [-0.2, -0.15) is 21.6 Å². The summed E-state index contributed by atoms with van der Waals surface area (Å²) >= 11 is 0. The molecule has 4 aromatic rings. The molecule has 37 heavy (non-hydrogen) atoms. The predicted octanol–water partition coefficient (Wildman–Crippen LogP) is 4.75. The SMILES string of the molecule is Nc1ncc(-c2ccc(-c3ccccc3S(=O)(=O)N(OC(=O)C(F)(F)F)c3ccccc3)cc2F)cn1. The Morgan fingerprint density at radius 1 is 0.865 bits per heavy atom. The van der Waals surface area contributed by atoms with Gasteiger partial charge in [-0.1, -0.05) is 53.0 Å². The number of para-hydroxylation sites is 1. The van der Waals surface area contributed by atoms with Gasteiger partial charge in [0, 0.05) is 29.1 Å². The molecule has 0 spiro atoms. The van der Waals surface area contributed by atoms with Crippen molar-refractivity contribution in [3.8, 4) is 22.3 Å². The van der Waals surface area contributed by atoms with Crippen LogP contribution in [-0.2, 0) is 19.7 Å². The number of hydrogen-bond acceptors (Lipinski definition) is 7. The van der Waals surface area contributed by atoms with Crippen molar-refractivity contribution >= 4 is 27.6 Å². The Morgan fingerprint density at radius 3 is 2.11 bits per heavy atom. The number of halogens is 4. The zero-order valence-electron chi connectivity index (χ0n) is 18.6. The number of alkyl halides is 3. The molecule has 0 saturated heterocycles. The lowest BCUT2D eigenvalue weighted by Crippen LogP contribution is -2.38. The van der Waals surface area contributed by atoms with Gasteiger partial charge in [0.1, 0.15) is 5.82 Å². The number of benzene rings is 3. The van der Waals surface area contributed by atoms with E-state index in [4.69, 9.17) is 5.73 Å².